The summed E-state index contributed by atoms with van der Waals surface area (Å²) in [5.74, 6) is 1.99. The predicted molar refractivity (Wildman–Crippen MR) is 81.4 cm³/mol. The monoisotopic (exact) mass is 270 g/mol. The molecule has 3 rings (SSSR count). The molecule has 0 spiro atoms. The van der Waals surface area contributed by atoms with E-state index >= 15 is 0 Å². The van der Waals surface area contributed by atoms with E-state index in [1.807, 2.05) is 20.0 Å². The summed E-state index contributed by atoms with van der Waals surface area (Å²) in [6, 6.07) is 4.79. The van der Waals surface area contributed by atoms with E-state index in [-0.39, 0.29) is 0 Å². The van der Waals surface area contributed by atoms with Crippen LogP contribution in [0.2, 0.25) is 0 Å². The normalized spacial score (nSPS) is 15.8. The zero-order valence-electron chi connectivity index (χ0n) is 12.5. The summed E-state index contributed by atoms with van der Waals surface area (Å²) >= 11 is 0. The molecule has 0 aromatic carbocycles. The molecule has 0 saturated heterocycles. The average Bonchev–Trinajstić information content (AvgIpc) is 3.01. The van der Waals surface area contributed by atoms with Gasteiger partial charge in [-0.05, 0) is 45.7 Å². The third-order valence-corrected chi connectivity index (χ3v) is 4.23. The molecule has 0 radical (unpaired) electrons. The number of anilines is 1. The van der Waals surface area contributed by atoms with Crippen LogP contribution in [0.15, 0.2) is 18.3 Å². The van der Waals surface area contributed by atoms with Gasteiger partial charge in [-0.3, -0.25) is 4.57 Å². The number of hydrogen-bond donors (Lipinski definition) is 1. The molecule has 20 heavy (non-hydrogen) atoms. The van der Waals surface area contributed by atoms with Crippen LogP contribution in [0.25, 0.3) is 5.69 Å². The van der Waals surface area contributed by atoms with Gasteiger partial charge in [0.15, 0.2) is 0 Å². The third-order valence-electron chi connectivity index (χ3n) is 4.23. The van der Waals surface area contributed by atoms with Crippen LogP contribution >= 0.6 is 0 Å². The largest absolute Gasteiger partial charge is 0.367 e. The number of nitrogens with zero attached hydrogens (tertiary/aromatic N) is 3. The van der Waals surface area contributed by atoms with Gasteiger partial charge in [-0.15, -0.1) is 0 Å². The van der Waals surface area contributed by atoms with Crippen molar-refractivity contribution in [2.75, 3.05) is 5.32 Å². The highest BCUT2D eigenvalue weighted by Gasteiger charge is 2.15. The number of rotatable bonds is 3. The Morgan fingerprint density at radius 1 is 1.15 bits per heavy atom. The van der Waals surface area contributed by atoms with E-state index in [1.165, 1.54) is 31.4 Å². The zero-order valence-corrected chi connectivity index (χ0v) is 12.5. The molecule has 1 aliphatic rings. The van der Waals surface area contributed by atoms with Crippen molar-refractivity contribution >= 4 is 5.82 Å². The fourth-order valence-corrected chi connectivity index (χ4v) is 3.04. The molecule has 0 unspecified atom stereocenters. The smallest absolute Gasteiger partial charge is 0.126 e. The Balaban J connectivity index is 1.81. The second-order valence-electron chi connectivity index (χ2n) is 5.69. The summed E-state index contributed by atoms with van der Waals surface area (Å²) in [6.07, 6.45) is 7.13. The molecule has 2 heterocycles. The SMILES string of the molecule is Cc1nc(C)n(-c2ccc(NC3CCCC3)nc2)c1C. The lowest BCUT2D eigenvalue weighted by Gasteiger charge is -2.13. The Bertz CT molecular complexity index is 592. The molecular weight excluding hydrogens is 248 g/mol. The van der Waals surface area contributed by atoms with Crippen molar-refractivity contribution < 1.29 is 0 Å². The molecule has 0 amide bonds. The van der Waals surface area contributed by atoms with Gasteiger partial charge in [-0.25, -0.2) is 9.97 Å². The van der Waals surface area contributed by atoms with E-state index in [1.54, 1.807) is 0 Å². The van der Waals surface area contributed by atoms with Gasteiger partial charge in [-0.2, -0.15) is 0 Å². The van der Waals surface area contributed by atoms with Crippen molar-refractivity contribution in [2.24, 2.45) is 0 Å². The Morgan fingerprint density at radius 3 is 2.45 bits per heavy atom. The van der Waals surface area contributed by atoms with E-state index in [0.717, 1.165) is 23.0 Å². The Kier molecular flexibility index (Phi) is 3.47. The first-order chi connectivity index (χ1) is 9.65. The highest BCUT2D eigenvalue weighted by molar-refractivity contribution is 5.43. The minimum Gasteiger partial charge on any atom is -0.367 e. The van der Waals surface area contributed by atoms with E-state index in [2.05, 4.69) is 38.9 Å². The molecule has 1 aliphatic carbocycles. The van der Waals surface area contributed by atoms with Gasteiger partial charge in [-0.1, -0.05) is 12.8 Å². The van der Waals surface area contributed by atoms with Crippen molar-refractivity contribution in [1.29, 1.82) is 0 Å². The van der Waals surface area contributed by atoms with Crippen LogP contribution < -0.4 is 5.32 Å². The first-order valence-corrected chi connectivity index (χ1v) is 7.40. The molecule has 0 aliphatic heterocycles. The zero-order chi connectivity index (χ0) is 14.1. The molecular formula is C16H22N4. The minimum atomic E-state index is 0.604. The van der Waals surface area contributed by atoms with Gasteiger partial charge < -0.3 is 5.32 Å². The van der Waals surface area contributed by atoms with Gasteiger partial charge in [0, 0.05) is 11.7 Å². The van der Waals surface area contributed by atoms with Gasteiger partial charge in [0.2, 0.25) is 0 Å². The lowest BCUT2D eigenvalue weighted by Crippen LogP contribution is -2.15. The van der Waals surface area contributed by atoms with Crippen LogP contribution in [0, 0.1) is 20.8 Å². The number of nitrogens with one attached hydrogen (secondary N) is 1. The number of pyridine rings is 1. The average molecular weight is 270 g/mol. The molecule has 2 aromatic rings. The van der Waals surface area contributed by atoms with Crippen molar-refractivity contribution in [3.05, 3.63) is 35.5 Å². The summed E-state index contributed by atoms with van der Waals surface area (Å²) in [5, 5.41) is 3.52. The lowest BCUT2D eigenvalue weighted by molar-refractivity contribution is 0.750. The summed E-state index contributed by atoms with van der Waals surface area (Å²) in [4.78, 5) is 9.06. The maximum atomic E-state index is 4.55. The van der Waals surface area contributed by atoms with Gasteiger partial charge in [0.25, 0.3) is 0 Å². The molecule has 0 bridgehead atoms. The van der Waals surface area contributed by atoms with E-state index < -0.39 is 0 Å². The van der Waals surface area contributed by atoms with Gasteiger partial charge >= 0.3 is 0 Å². The number of hydrogen-bond acceptors (Lipinski definition) is 3. The summed E-state index contributed by atoms with van der Waals surface area (Å²) < 4.78 is 2.15. The predicted octanol–water partition coefficient (Wildman–Crippen LogP) is 3.55. The molecule has 2 aromatic heterocycles. The first kappa shape index (κ1) is 13.2. The summed E-state index contributed by atoms with van der Waals surface area (Å²) in [6.45, 7) is 6.17. The maximum Gasteiger partial charge on any atom is 0.126 e. The number of aromatic nitrogens is 3. The van der Waals surface area contributed by atoms with Crippen molar-refractivity contribution in [3.8, 4) is 5.69 Å². The van der Waals surface area contributed by atoms with Crippen LogP contribution in [-0.4, -0.2) is 20.6 Å². The fourth-order valence-electron chi connectivity index (χ4n) is 3.04. The van der Waals surface area contributed by atoms with E-state index in [4.69, 9.17) is 0 Å². The van der Waals surface area contributed by atoms with E-state index in [9.17, 15) is 0 Å². The van der Waals surface area contributed by atoms with Crippen LogP contribution in [0.4, 0.5) is 5.82 Å². The standard InChI is InChI=1S/C16H22N4/c1-11-12(2)20(13(3)18-11)15-8-9-16(17-10-15)19-14-6-4-5-7-14/h8-10,14H,4-7H2,1-3H3,(H,17,19). The van der Waals surface area contributed by atoms with Gasteiger partial charge in [0.1, 0.15) is 11.6 Å². The molecule has 4 nitrogen and oxygen atoms in total. The fraction of sp³-hybridized carbons (Fsp3) is 0.500. The second kappa shape index (κ2) is 5.27. The van der Waals surface area contributed by atoms with Crippen molar-refractivity contribution in [2.45, 2.75) is 52.5 Å². The first-order valence-electron chi connectivity index (χ1n) is 7.40. The molecule has 1 saturated carbocycles. The third kappa shape index (κ3) is 2.42. The quantitative estimate of drug-likeness (QED) is 0.927. The van der Waals surface area contributed by atoms with Crippen molar-refractivity contribution in [3.63, 3.8) is 0 Å². The molecule has 106 valence electrons. The highest BCUT2D eigenvalue weighted by Crippen LogP contribution is 2.22. The Hall–Kier alpha value is -1.84. The molecule has 4 heteroatoms. The lowest BCUT2D eigenvalue weighted by atomic mass is 10.2. The highest BCUT2D eigenvalue weighted by atomic mass is 15.1. The van der Waals surface area contributed by atoms with Crippen LogP contribution in [0.3, 0.4) is 0 Å². The molecule has 1 N–H and O–H groups in total. The van der Waals surface area contributed by atoms with Gasteiger partial charge in [0.05, 0.1) is 17.6 Å². The maximum absolute atomic E-state index is 4.55. The molecule has 1 fully saturated rings. The van der Waals surface area contributed by atoms with Crippen molar-refractivity contribution in [1.82, 2.24) is 14.5 Å². The minimum absolute atomic E-state index is 0.604. The Labute approximate surface area is 120 Å². The van der Waals surface area contributed by atoms with Crippen LogP contribution in [-0.2, 0) is 0 Å². The van der Waals surface area contributed by atoms with E-state index in [0.29, 0.717) is 6.04 Å². The number of imidazole rings is 1. The van der Waals surface area contributed by atoms with Crippen LogP contribution in [0.5, 0.6) is 0 Å². The molecule has 0 atom stereocenters. The Morgan fingerprint density at radius 2 is 1.90 bits per heavy atom. The summed E-state index contributed by atoms with van der Waals surface area (Å²) in [7, 11) is 0. The topological polar surface area (TPSA) is 42.7 Å². The number of aryl methyl sites for hydroxylation is 2. The second-order valence-corrected chi connectivity index (χ2v) is 5.69. The van der Waals surface area contributed by atoms with Crippen LogP contribution in [0.1, 0.15) is 42.9 Å². The summed E-state index contributed by atoms with van der Waals surface area (Å²) in [5.41, 5.74) is 3.34.